The fourth-order valence-corrected chi connectivity index (χ4v) is 3.09. The molecule has 2 aromatic heterocycles. The predicted octanol–water partition coefficient (Wildman–Crippen LogP) is -0.256. The Morgan fingerprint density at radius 2 is 1.81 bits per heavy atom. The Morgan fingerprint density at radius 3 is 2.43 bits per heavy atom. The standard InChI is InChI=1S/C12H16N6O2S/c1-21(19,20)17-7-5-16(6-8-17)11-9-13-10-12(15-11)18-4-2-3-14-18/h2-4,9-10H,5-8H2,1H3. The van der Waals surface area contributed by atoms with Gasteiger partial charge in [-0.05, 0) is 6.07 Å². The van der Waals surface area contributed by atoms with Crippen molar-refractivity contribution in [2.75, 3.05) is 37.3 Å². The quantitative estimate of drug-likeness (QED) is 0.777. The first-order valence-electron chi connectivity index (χ1n) is 6.56. The number of piperazine rings is 1. The van der Waals surface area contributed by atoms with Crippen molar-refractivity contribution >= 4 is 15.8 Å². The van der Waals surface area contributed by atoms with Crippen molar-refractivity contribution in [3.63, 3.8) is 0 Å². The van der Waals surface area contributed by atoms with Crippen molar-refractivity contribution in [2.24, 2.45) is 0 Å². The van der Waals surface area contributed by atoms with Gasteiger partial charge in [0.2, 0.25) is 10.0 Å². The molecule has 3 rings (SSSR count). The molecule has 0 N–H and O–H groups in total. The lowest BCUT2D eigenvalue weighted by Crippen LogP contribution is -2.48. The summed E-state index contributed by atoms with van der Waals surface area (Å²) in [4.78, 5) is 10.7. The summed E-state index contributed by atoms with van der Waals surface area (Å²) in [6.07, 6.45) is 8.04. The smallest absolute Gasteiger partial charge is 0.211 e. The van der Waals surface area contributed by atoms with Crippen molar-refractivity contribution in [1.29, 1.82) is 0 Å². The Labute approximate surface area is 123 Å². The van der Waals surface area contributed by atoms with Gasteiger partial charge in [0, 0.05) is 38.6 Å². The highest BCUT2D eigenvalue weighted by molar-refractivity contribution is 7.88. The second-order valence-corrected chi connectivity index (χ2v) is 6.82. The highest BCUT2D eigenvalue weighted by Gasteiger charge is 2.24. The summed E-state index contributed by atoms with van der Waals surface area (Å²) in [6.45, 7) is 2.13. The van der Waals surface area contributed by atoms with Crippen LogP contribution in [-0.2, 0) is 10.0 Å². The van der Waals surface area contributed by atoms with Gasteiger partial charge in [-0.3, -0.25) is 4.98 Å². The molecule has 0 spiro atoms. The summed E-state index contributed by atoms with van der Waals surface area (Å²) < 4.78 is 26.1. The maximum Gasteiger partial charge on any atom is 0.211 e. The zero-order chi connectivity index (χ0) is 14.9. The van der Waals surface area contributed by atoms with E-state index in [1.165, 1.54) is 10.6 Å². The highest BCUT2D eigenvalue weighted by atomic mass is 32.2. The number of nitrogens with zero attached hydrogens (tertiary/aromatic N) is 6. The molecule has 0 aromatic carbocycles. The third-order valence-corrected chi connectivity index (χ3v) is 4.68. The number of sulfonamides is 1. The molecule has 1 fully saturated rings. The van der Waals surface area contributed by atoms with E-state index in [-0.39, 0.29) is 0 Å². The molecule has 112 valence electrons. The third-order valence-electron chi connectivity index (χ3n) is 3.38. The molecule has 0 radical (unpaired) electrons. The molecule has 8 nitrogen and oxygen atoms in total. The van der Waals surface area contributed by atoms with Crippen molar-refractivity contribution in [2.45, 2.75) is 0 Å². The summed E-state index contributed by atoms with van der Waals surface area (Å²) in [5, 5.41) is 4.13. The Hall–Kier alpha value is -2.00. The van der Waals surface area contributed by atoms with Crippen LogP contribution in [-0.4, -0.2) is 64.9 Å². The number of anilines is 1. The molecule has 21 heavy (non-hydrogen) atoms. The van der Waals surface area contributed by atoms with E-state index < -0.39 is 10.0 Å². The second kappa shape index (κ2) is 5.41. The van der Waals surface area contributed by atoms with Crippen LogP contribution in [0.2, 0.25) is 0 Å². The predicted molar refractivity (Wildman–Crippen MR) is 77.8 cm³/mol. The molecule has 0 unspecified atom stereocenters. The van der Waals surface area contributed by atoms with E-state index in [1.807, 2.05) is 11.0 Å². The molecule has 1 saturated heterocycles. The zero-order valence-corrected chi connectivity index (χ0v) is 12.4. The summed E-state index contributed by atoms with van der Waals surface area (Å²) in [6, 6.07) is 1.82. The minimum atomic E-state index is -3.12. The van der Waals surface area contributed by atoms with E-state index >= 15 is 0 Å². The van der Waals surface area contributed by atoms with Crippen LogP contribution >= 0.6 is 0 Å². The zero-order valence-electron chi connectivity index (χ0n) is 11.6. The van der Waals surface area contributed by atoms with Gasteiger partial charge in [-0.25, -0.2) is 18.1 Å². The molecule has 1 aliphatic rings. The van der Waals surface area contributed by atoms with Gasteiger partial charge in [0.25, 0.3) is 0 Å². The fraction of sp³-hybridized carbons (Fsp3) is 0.417. The van der Waals surface area contributed by atoms with Crippen molar-refractivity contribution in [3.05, 3.63) is 30.9 Å². The first-order chi connectivity index (χ1) is 10.0. The van der Waals surface area contributed by atoms with Crippen LogP contribution in [0.25, 0.3) is 5.82 Å². The average Bonchev–Trinajstić information content (AvgIpc) is 3.01. The number of rotatable bonds is 3. The Bertz CT molecular complexity index is 707. The van der Waals surface area contributed by atoms with Crippen LogP contribution < -0.4 is 4.90 Å². The normalized spacial score (nSPS) is 17.1. The molecule has 3 heterocycles. The van der Waals surface area contributed by atoms with E-state index in [9.17, 15) is 8.42 Å². The first kappa shape index (κ1) is 14.0. The fourth-order valence-electron chi connectivity index (χ4n) is 2.26. The lowest BCUT2D eigenvalue weighted by atomic mass is 10.3. The van der Waals surface area contributed by atoms with E-state index in [1.54, 1.807) is 29.5 Å². The van der Waals surface area contributed by atoms with Crippen molar-refractivity contribution in [3.8, 4) is 5.82 Å². The topological polar surface area (TPSA) is 84.2 Å². The molecular formula is C12H16N6O2S. The lowest BCUT2D eigenvalue weighted by Gasteiger charge is -2.33. The van der Waals surface area contributed by atoms with Gasteiger partial charge >= 0.3 is 0 Å². The van der Waals surface area contributed by atoms with Crippen LogP contribution in [0.3, 0.4) is 0 Å². The summed E-state index contributed by atoms with van der Waals surface area (Å²) in [7, 11) is -3.12. The maximum atomic E-state index is 11.5. The molecule has 1 aliphatic heterocycles. The Kier molecular flexibility index (Phi) is 3.60. The third kappa shape index (κ3) is 3.03. The van der Waals surface area contributed by atoms with Crippen LogP contribution in [0, 0.1) is 0 Å². The minimum absolute atomic E-state index is 0.465. The minimum Gasteiger partial charge on any atom is -0.353 e. The monoisotopic (exact) mass is 308 g/mol. The van der Waals surface area contributed by atoms with Gasteiger partial charge in [-0.1, -0.05) is 0 Å². The summed E-state index contributed by atoms with van der Waals surface area (Å²) in [5.74, 6) is 1.37. The van der Waals surface area contributed by atoms with Gasteiger partial charge in [0.05, 0.1) is 18.6 Å². The van der Waals surface area contributed by atoms with Gasteiger partial charge in [-0.15, -0.1) is 0 Å². The SMILES string of the molecule is CS(=O)(=O)N1CCN(c2cncc(-n3cccn3)n2)CC1. The van der Waals surface area contributed by atoms with E-state index in [0.717, 1.165) is 5.82 Å². The van der Waals surface area contributed by atoms with Crippen LogP contribution in [0.5, 0.6) is 0 Å². The van der Waals surface area contributed by atoms with Gasteiger partial charge < -0.3 is 4.90 Å². The van der Waals surface area contributed by atoms with Crippen LogP contribution in [0.4, 0.5) is 5.82 Å². The Balaban J connectivity index is 1.76. The highest BCUT2D eigenvalue weighted by Crippen LogP contribution is 2.15. The van der Waals surface area contributed by atoms with E-state index in [0.29, 0.717) is 32.0 Å². The molecule has 0 bridgehead atoms. The van der Waals surface area contributed by atoms with Crippen LogP contribution in [0.15, 0.2) is 30.9 Å². The summed E-state index contributed by atoms with van der Waals surface area (Å²) >= 11 is 0. The van der Waals surface area contributed by atoms with E-state index in [2.05, 4.69) is 15.1 Å². The van der Waals surface area contributed by atoms with Gasteiger partial charge in [0.15, 0.2) is 5.82 Å². The van der Waals surface area contributed by atoms with Crippen LogP contribution in [0.1, 0.15) is 0 Å². The molecule has 0 atom stereocenters. The van der Waals surface area contributed by atoms with Gasteiger partial charge in [-0.2, -0.15) is 9.40 Å². The van der Waals surface area contributed by atoms with Crippen molar-refractivity contribution < 1.29 is 8.42 Å². The van der Waals surface area contributed by atoms with Crippen molar-refractivity contribution in [1.82, 2.24) is 24.1 Å². The largest absolute Gasteiger partial charge is 0.353 e. The molecule has 2 aromatic rings. The molecule has 0 saturated carbocycles. The second-order valence-electron chi connectivity index (χ2n) is 4.84. The summed E-state index contributed by atoms with van der Waals surface area (Å²) in [5.41, 5.74) is 0. The molecule has 9 heteroatoms. The maximum absolute atomic E-state index is 11.5. The Morgan fingerprint density at radius 1 is 1.10 bits per heavy atom. The lowest BCUT2D eigenvalue weighted by molar-refractivity contribution is 0.386. The van der Waals surface area contributed by atoms with E-state index in [4.69, 9.17) is 0 Å². The van der Waals surface area contributed by atoms with Gasteiger partial charge in [0.1, 0.15) is 5.82 Å². The molecule has 0 aliphatic carbocycles. The number of hydrogen-bond acceptors (Lipinski definition) is 6. The first-order valence-corrected chi connectivity index (χ1v) is 8.41. The average molecular weight is 308 g/mol. The number of aromatic nitrogens is 4. The molecule has 0 amide bonds. The number of hydrogen-bond donors (Lipinski definition) is 0. The molecular weight excluding hydrogens is 292 g/mol.